The molecular formula is C29H55Na2O8PS. The van der Waals surface area contributed by atoms with E-state index in [9.17, 15) is 23.9 Å². The van der Waals surface area contributed by atoms with Crippen LogP contribution < -0.4 is 68.9 Å². The Labute approximate surface area is 312 Å². The molecule has 0 radical (unpaired) electrons. The molecule has 41 heavy (non-hydrogen) atoms. The van der Waals surface area contributed by atoms with Crippen molar-refractivity contribution in [3.63, 3.8) is 0 Å². The molecule has 8 nitrogen and oxygen atoms in total. The fourth-order valence-electron chi connectivity index (χ4n) is 2.83. The summed E-state index contributed by atoms with van der Waals surface area (Å²) in [6.07, 6.45) is 14.7. The second-order valence-electron chi connectivity index (χ2n) is 7.78. The maximum absolute atomic E-state index is 12.1. The van der Waals surface area contributed by atoms with Gasteiger partial charge in [0.1, 0.15) is 6.61 Å². The van der Waals surface area contributed by atoms with Gasteiger partial charge in [-0.05, 0) is 65.6 Å². The SMILES string of the molecule is C#CC#CC#CC#CC#CC#CC(=O)OC[C@@H](COP(=O)([O-])[O-])OC(=O)CCCCCCCCCCCC.S.[HH].[HH].[HH].[HH].[HH].[HH].[HH].[HH].[HH].[HH].[HH].[Na+].[Na+]. The first-order valence-corrected chi connectivity index (χ1v) is 13.7. The molecule has 0 aliphatic rings. The van der Waals surface area contributed by atoms with Crippen LogP contribution in [0.25, 0.3) is 0 Å². The summed E-state index contributed by atoms with van der Waals surface area (Å²) in [7, 11) is -5.31. The van der Waals surface area contributed by atoms with Gasteiger partial charge in [0.2, 0.25) is 0 Å². The number of rotatable bonds is 17. The molecule has 0 bridgehead atoms. The molecule has 0 spiro atoms. The molecule has 0 heterocycles. The molecule has 0 aromatic carbocycles. The average Bonchev–Trinajstić information content (AvgIpc) is 2.87. The fourth-order valence-corrected chi connectivity index (χ4v) is 3.18. The number of carbonyl (C=O) groups excluding carboxylic acids is 2. The van der Waals surface area contributed by atoms with E-state index in [2.05, 4.69) is 76.6 Å². The minimum absolute atomic E-state index is 0. The molecule has 12 heteroatoms. The molecular weight excluding hydrogens is 585 g/mol. The van der Waals surface area contributed by atoms with E-state index in [4.69, 9.17) is 15.9 Å². The van der Waals surface area contributed by atoms with Gasteiger partial charge in [0.05, 0.1) is 14.4 Å². The first kappa shape index (κ1) is 46.7. The van der Waals surface area contributed by atoms with Gasteiger partial charge < -0.3 is 28.3 Å². The van der Waals surface area contributed by atoms with E-state index in [0.717, 1.165) is 19.3 Å². The van der Waals surface area contributed by atoms with Gasteiger partial charge in [-0.2, -0.15) is 13.5 Å². The van der Waals surface area contributed by atoms with Crippen molar-refractivity contribution in [3.05, 3.63) is 0 Å². The normalized spacial score (nSPS) is 9.32. The summed E-state index contributed by atoms with van der Waals surface area (Å²) in [4.78, 5) is 45.4. The Morgan fingerprint density at radius 1 is 0.780 bits per heavy atom. The van der Waals surface area contributed by atoms with Crippen LogP contribution in [-0.4, -0.2) is 31.3 Å². The number of esters is 2. The summed E-state index contributed by atoms with van der Waals surface area (Å²) in [6, 6.07) is 0. The van der Waals surface area contributed by atoms with Gasteiger partial charge in [-0.25, -0.2) is 4.79 Å². The van der Waals surface area contributed by atoms with E-state index < -0.39 is 39.1 Å². The number of hydrogen-bond acceptors (Lipinski definition) is 8. The number of carbonyl (C=O) groups is 2. The van der Waals surface area contributed by atoms with Crippen LogP contribution in [0.15, 0.2) is 0 Å². The van der Waals surface area contributed by atoms with Crippen molar-refractivity contribution in [2.75, 3.05) is 13.2 Å². The molecule has 0 rings (SSSR count). The molecule has 0 aliphatic heterocycles. The zero-order chi connectivity index (χ0) is 28.3. The van der Waals surface area contributed by atoms with Crippen LogP contribution in [0.5, 0.6) is 0 Å². The molecule has 0 N–H and O–H groups in total. The smallest absolute Gasteiger partial charge is 0.790 e. The molecule has 0 amide bonds. The zero-order valence-electron chi connectivity index (χ0n) is 24.1. The van der Waals surface area contributed by atoms with Gasteiger partial charge in [0.15, 0.2) is 6.10 Å². The van der Waals surface area contributed by atoms with Gasteiger partial charge in [-0.15, -0.1) is 6.42 Å². The third-order valence-corrected chi connectivity index (χ3v) is 5.05. The number of terminal acetylenes is 1. The summed E-state index contributed by atoms with van der Waals surface area (Å²) in [6.45, 7) is 0.847. The number of ether oxygens (including phenoxy) is 2. The van der Waals surface area contributed by atoms with Crippen molar-refractivity contribution >= 4 is 33.3 Å². The van der Waals surface area contributed by atoms with Crippen molar-refractivity contribution in [2.24, 2.45) is 0 Å². The van der Waals surface area contributed by atoms with Crippen molar-refractivity contribution in [2.45, 2.75) is 83.7 Å². The van der Waals surface area contributed by atoms with Gasteiger partial charge in [-0.3, -0.25) is 4.79 Å². The van der Waals surface area contributed by atoms with E-state index in [1.807, 2.05) is 0 Å². The van der Waals surface area contributed by atoms with Crippen LogP contribution in [0.1, 0.15) is 93.2 Å². The largest absolute Gasteiger partial charge is 1.00 e. The number of hydrogen-bond donors (Lipinski definition) is 0. The molecule has 0 fully saturated rings. The Kier molecular flexibility index (Phi) is 37.9. The molecule has 1 atom stereocenters. The Hall–Kier alpha value is -1.24. The monoisotopic (exact) mass is 640 g/mol. The maximum atomic E-state index is 12.1. The van der Waals surface area contributed by atoms with Crippen LogP contribution in [0, 0.1) is 71.5 Å². The maximum Gasteiger partial charge on any atom is 1.00 e. The summed E-state index contributed by atoms with van der Waals surface area (Å²) in [5.41, 5.74) is 0. The quantitative estimate of drug-likeness (QED) is 0.0499. The molecule has 0 unspecified atom stereocenters. The summed E-state index contributed by atoms with van der Waals surface area (Å²) < 4.78 is 24.9. The second-order valence-corrected chi connectivity index (χ2v) is 8.93. The molecule has 232 valence electrons. The predicted molar refractivity (Wildman–Crippen MR) is 172 cm³/mol. The van der Waals surface area contributed by atoms with Crippen molar-refractivity contribution < 1.29 is 113 Å². The molecule has 0 aliphatic carbocycles. The Balaban J connectivity index is -0.0000000752. The second kappa shape index (κ2) is 33.3. The summed E-state index contributed by atoms with van der Waals surface area (Å²) in [5, 5.41) is 0. The van der Waals surface area contributed by atoms with E-state index in [1.165, 1.54) is 38.5 Å². The van der Waals surface area contributed by atoms with Crippen LogP contribution in [0.3, 0.4) is 0 Å². The average molecular weight is 641 g/mol. The van der Waals surface area contributed by atoms with E-state index in [1.54, 1.807) is 0 Å². The third kappa shape index (κ3) is 36.7. The molecule has 0 aromatic heterocycles. The van der Waals surface area contributed by atoms with Crippen molar-refractivity contribution in [1.82, 2.24) is 0 Å². The molecule has 0 saturated heterocycles. The number of unbranched alkanes of at least 4 members (excludes halogenated alkanes) is 9. The standard InChI is InChI=1S/C29H33O8P.2Na.H2S.11H2/c1-3-5-7-9-11-13-15-17-19-21-23-28(30)35-25-27(26-36-38(32,33)34)37-29(31)24-22-20-18-16-14-12-10-8-6-4-2;;;;;;;;;;;;;;/h1,27H,4,6,8,10,12,14,16,18,20,22,24-26H2,2H3,(H2,32,33,34);;;1H2;11*1H/q;2*+1;;;;;;;;;;;;/p-2/t27-;;;;;;;;;;;;;;/m0............../s1. The van der Waals surface area contributed by atoms with Crippen molar-refractivity contribution in [1.29, 1.82) is 0 Å². The number of phosphoric acid groups is 1. The van der Waals surface area contributed by atoms with Gasteiger partial charge in [-0.1, -0.05) is 64.7 Å². The third-order valence-electron chi connectivity index (χ3n) is 4.59. The van der Waals surface area contributed by atoms with Gasteiger partial charge in [0.25, 0.3) is 0 Å². The summed E-state index contributed by atoms with van der Waals surface area (Å²) in [5.74, 6) is 23.5. The first-order valence-electron chi connectivity index (χ1n) is 12.3. The minimum atomic E-state index is -5.31. The first-order chi connectivity index (χ1) is 18.3. The fraction of sp³-hybridized carbons (Fsp3) is 0.517. The zero-order valence-corrected chi connectivity index (χ0v) is 30.0. The Morgan fingerprint density at radius 3 is 1.73 bits per heavy atom. The Morgan fingerprint density at radius 2 is 1.24 bits per heavy atom. The molecule has 0 saturated carbocycles. The topological polar surface area (TPSA) is 125 Å². The minimum Gasteiger partial charge on any atom is -0.790 e. The van der Waals surface area contributed by atoms with Crippen LogP contribution in [0.2, 0.25) is 0 Å². The number of phosphoric ester groups is 1. The van der Waals surface area contributed by atoms with Crippen molar-refractivity contribution in [3.8, 4) is 71.5 Å². The van der Waals surface area contributed by atoms with E-state index >= 15 is 0 Å². The van der Waals surface area contributed by atoms with E-state index in [0.29, 0.717) is 6.42 Å². The van der Waals surface area contributed by atoms with Crippen LogP contribution in [0.4, 0.5) is 0 Å². The van der Waals surface area contributed by atoms with E-state index in [-0.39, 0.29) is 94.7 Å². The molecule has 0 aromatic rings. The van der Waals surface area contributed by atoms with Crippen LogP contribution >= 0.6 is 21.3 Å². The van der Waals surface area contributed by atoms with Crippen LogP contribution in [-0.2, 0) is 28.2 Å². The Bertz CT molecular complexity index is 1190. The van der Waals surface area contributed by atoms with Gasteiger partial charge >= 0.3 is 71.1 Å². The predicted octanol–water partition coefficient (Wildman–Crippen LogP) is -0.925. The van der Waals surface area contributed by atoms with Gasteiger partial charge in [0, 0.05) is 28.0 Å². The summed E-state index contributed by atoms with van der Waals surface area (Å²) >= 11 is 0.